The van der Waals surface area contributed by atoms with Crippen molar-refractivity contribution in [3.05, 3.63) is 64.8 Å². The van der Waals surface area contributed by atoms with Crippen LogP contribution >= 0.6 is 11.8 Å². The molecular formula is C20H17FN2O4S. The van der Waals surface area contributed by atoms with Gasteiger partial charge in [-0.2, -0.15) is 0 Å². The van der Waals surface area contributed by atoms with Crippen LogP contribution < -0.4 is 4.74 Å². The van der Waals surface area contributed by atoms with Gasteiger partial charge in [0.2, 0.25) is 0 Å². The minimum atomic E-state index is -1.06. The van der Waals surface area contributed by atoms with Gasteiger partial charge in [0, 0.05) is 6.54 Å². The number of carboxylic acids is 1. The number of aliphatic imine (C=N–C) groups is 1. The molecule has 2 aromatic rings. The number of nitrogens with zero attached hydrogens (tertiary/aromatic N) is 2. The predicted molar refractivity (Wildman–Crippen MR) is 106 cm³/mol. The van der Waals surface area contributed by atoms with Gasteiger partial charge < -0.3 is 9.84 Å². The Morgan fingerprint density at radius 1 is 1.29 bits per heavy atom. The highest BCUT2D eigenvalue weighted by Crippen LogP contribution is 2.34. The molecule has 1 heterocycles. The zero-order valence-electron chi connectivity index (χ0n) is 15.0. The maximum absolute atomic E-state index is 13.1. The van der Waals surface area contributed by atoms with Crippen molar-refractivity contribution >= 4 is 40.6 Å². The largest absolute Gasteiger partial charge is 0.482 e. The van der Waals surface area contributed by atoms with Gasteiger partial charge in [-0.05, 0) is 66.7 Å². The van der Waals surface area contributed by atoms with Crippen LogP contribution in [0.1, 0.15) is 12.5 Å². The first kappa shape index (κ1) is 19.6. The summed E-state index contributed by atoms with van der Waals surface area (Å²) in [5.74, 6) is -1.19. The molecular weight excluding hydrogens is 383 g/mol. The van der Waals surface area contributed by atoms with Gasteiger partial charge in [-0.25, -0.2) is 14.2 Å². The number of thioether (sulfide) groups is 1. The van der Waals surface area contributed by atoms with Gasteiger partial charge >= 0.3 is 5.97 Å². The van der Waals surface area contributed by atoms with Crippen LogP contribution in [0.3, 0.4) is 0 Å². The van der Waals surface area contributed by atoms with Crippen LogP contribution in [0.2, 0.25) is 0 Å². The number of rotatable bonds is 6. The lowest BCUT2D eigenvalue weighted by Crippen LogP contribution is -2.28. The fraction of sp³-hybridized carbons (Fsp3) is 0.150. The molecule has 1 N–H and O–H groups in total. The quantitative estimate of drug-likeness (QED) is 0.744. The zero-order valence-corrected chi connectivity index (χ0v) is 15.8. The van der Waals surface area contributed by atoms with Crippen molar-refractivity contribution in [3.63, 3.8) is 0 Å². The van der Waals surface area contributed by atoms with Crippen LogP contribution in [0.4, 0.5) is 10.1 Å². The summed E-state index contributed by atoms with van der Waals surface area (Å²) in [4.78, 5) is 29.8. The van der Waals surface area contributed by atoms with Gasteiger partial charge in [0.15, 0.2) is 11.8 Å². The van der Waals surface area contributed by atoms with Crippen LogP contribution in [0, 0.1) is 5.82 Å². The molecule has 1 aliphatic heterocycles. The predicted octanol–water partition coefficient (Wildman–Crippen LogP) is 3.91. The van der Waals surface area contributed by atoms with Crippen molar-refractivity contribution in [2.75, 3.05) is 13.2 Å². The molecule has 0 radical (unpaired) electrons. The highest BCUT2D eigenvalue weighted by molar-refractivity contribution is 8.18. The normalized spacial score (nSPS) is 16.8. The molecule has 0 atom stereocenters. The third-order valence-corrected chi connectivity index (χ3v) is 4.78. The summed E-state index contributed by atoms with van der Waals surface area (Å²) in [5, 5.41) is 9.22. The van der Waals surface area contributed by atoms with Gasteiger partial charge in [-0.3, -0.25) is 9.69 Å². The topological polar surface area (TPSA) is 79.2 Å². The Morgan fingerprint density at radius 2 is 2.04 bits per heavy atom. The monoisotopic (exact) mass is 400 g/mol. The number of aliphatic carboxylic acids is 1. The second-order valence-electron chi connectivity index (χ2n) is 5.79. The maximum atomic E-state index is 13.1. The molecule has 28 heavy (non-hydrogen) atoms. The number of benzene rings is 2. The SMILES string of the molecule is CCN1C(=O)/C(=C\c2cccc(OCC(=O)O)c2)SC1=Nc1ccc(F)cc1. The molecule has 2 aromatic carbocycles. The van der Waals surface area contributed by atoms with E-state index in [9.17, 15) is 14.0 Å². The zero-order chi connectivity index (χ0) is 20.1. The van der Waals surface area contributed by atoms with Crippen molar-refractivity contribution in [2.24, 2.45) is 4.99 Å². The van der Waals surface area contributed by atoms with E-state index in [0.717, 1.165) is 0 Å². The van der Waals surface area contributed by atoms with Gasteiger partial charge in [0.25, 0.3) is 5.91 Å². The average molecular weight is 400 g/mol. The number of amides is 1. The Kier molecular flexibility index (Phi) is 6.10. The highest BCUT2D eigenvalue weighted by atomic mass is 32.2. The first-order valence-electron chi connectivity index (χ1n) is 8.46. The molecule has 8 heteroatoms. The smallest absolute Gasteiger partial charge is 0.341 e. The van der Waals surface area contributed by atoms with E-state index in [1.54, 1.807) is 47.4 Å². The average Bonchev–Trinajstić information content (AvgIpc) is 2.96. The molecule has 0 saturated carbocycles. The molecule has 3 rings (SSSR count). The van der Waals surface area contributed by atoms with Crippen molar-refractivity contribution in [1.29, 1.82) is 0 Å². The molecule has 0 aromatic heterocycles. The van der Waals surface area contributed by atoms with Crippen LogP contribution in [0.25, 0.3) is 6.08 Å². The molecule has 1 saturated heterocycles. The van der Waals surface area contributed by atoms with E-state index in [0.29, 0.717) is 33.6 Å². The van der Waals surface area contributed by atoms with E-state index in [4.69, 9.17) is 9.84 Å². The molecule has 1 aliphatic rings. The van der Waals surface area contributed by atoms with Crippen molar-refractivity contribution in [2.45, 2.75) is 6.92 Å². The number of carbonyl (C=O) groups excluding carboxylic acids is 1. The van der Waals surface area contributed by atoms with Crippen LogP contribution in [-0.2, 0) is 9.59 Å². The van der Waals surface area contributed by atoms with Crippen LogP contribution in [0.5, 0.6) is 5.75 Å². The lowest BCUT2D eigenvalue weighted by Gasteiger charge is -2.11. The standard InChI is InChI=1S/C20H17FN2O4S/c1-2-23-19(26)17(28-20(23)22-15-8-6-14(21)7-9-15)11-13-4-3-5-16(10-13)27-12-18(24)25/h3-11H,2,12H2,1H3,(H,24,25)/b17-11+,22-20?. The summed E-state index contributed by atoms with van der Waals surface area (Å²) in [5.41, 5.74) is 1.26. The summed E-state index contributed by atoms with van der Waals surface area (Å²) in [7, 11) is 0. The van der Waals surface area contributed by atoms with Gasteiger partial charge in [-0.15, -0.1) is 0 Å². The Morgan fingerprint density at radius 3 is 2.71 bits per heavy atom. The van der Waals surface area contributed by atoms with E-state index in [1.165, 1.54) is 23.9 Å². The summed E-state index contributed by atoms with van der Waals surface area (Å²) < 4.78 is 18.2. The second-order valence-corrected chi connectivity index (χ2v) is 6.79. The number of carbonyl (C=O) groups is 2. The van der Waals surface area contributed by atoms with Crippen LogP contribution in [0.15, 0.2) is 58.4 Å². The number of hydrogen-bond donors (Lipinski definition) is 1. The number of halogens is 1. The minimum absolute atomic E-state index is 0.176. The molecule has 0 unspecified atom stereocenters. The number of ether oxygens (including phenoxy) is 1. The molecule has 0 spiro atoms. The molecule has 0 aliphatic carbocycles. The second kappa shape index (κ2) is 8.71. The molecule has 1 fully saturated rings. The lowest BCUT2D eigenvalue weighted by molar-refractivity contribution is -0.139. The molecule has 6 nitrogen and oxygen atoms in total. The van der Waals surface area contributed by atoms with Gasteiger partial charge in [0.05, 0.1) is 10.6 Å². The van der Waals surface area contributed by atoms with E-state index in [2.05, 4.69) is 4.99 Å². The van der Waals surface area contributed by atoms with E-state index >= 15 is 0 Å². The maximum Gasteiger partial charge on any atom is 0.341 e. The Bertz CT molecular complexity index is 957. The number of carboxylic acid groups (broad SMARTS) is 1. The third-order valence-electron chi connectivity index (χ3n) is 3.77. The summed E-state index contributed by atoms with van der Waals surface area (Å²) in [6, 6.07) is 12.5. The minimum Gasteiger partial charge on any atom is -0.482 e. The molecule has 144 valence electrons. The van der Waals surface area contributed by atoms with Gasteiger partial charge in [-0.1, -0.05) is 12.1 Å². The van der Waals surface area contributed by atoms with E-state index in [-0.39, 0.29) is 11.7 Å². The Hall–Kier alpha value is -3.13. The number of likely N-dealkylation sites (N-methyl/N-ethyl adjacent to an activating group) is 1. The first-order valence-corrected chi connectivity index (χ1v) is 9.28. The van der Waals surface area contributed by atoms with Crippen molar-refractivity contribution < 1.29 is 23.8 Å². The third kappa shape index (κ3) is 4.77. The Balaban J connectivity index is 1.84. The highest BCUT2D eigenvalue weighted by Gasteiger charge is 2.32. The van der Waals surface area contributed by atoms with Crippen LogP contribution in [-0.4, -0.2) is 40.2 Å². The number of amidine groups is 1. The molecule has 0 bridgehead atoms. The Labute approximate surface area is 165 Å². The summed E-state index contributed by atoms with van der Waals surface area (Å²) in [6.07, 6.45) is 1.70. The van der Waals surface area contributed by atoms with Gasteiger partial charge in [0.1, 0.15) is 11.6 Å². The van der Waals surface area contributed by atoms with Crippen molar-refractivity contribution in [3.8, 4) is 5.75 Å². The summed E-state index contributed by atoms with van der Waals surface area (Å²) >= 11 is 1.23. The van der Waals surface area contributed by atoms with E-state index < -0.39 is 12.6 Å². The fourth-order valence-corrected chi connectivity index (χ4v) is 3.55. The lowest BCUT2D eigenvalue weighted by atomic mass is 10.2. The molecule has 1 amide bonds. The van der Waals surface area contributed by atoms with Crippen molar-refractivity contribution in [1.82, 2.24) is 4.90 Å². The fourth-order valence-electron chi connectivity index (χ4n) is 2.49. The first-order chi connectivity index (χ1) is 13.5. The number of hydrogen-bond acceptors (Lipinski definition) is 5. The van der Waals surface area contributed by atoms with E-state index in [1.807, 2.05) is 6.92 Å². The summed E-state index contributed by atoms with van der Waals surface area (Å²) in [6.45, 7) is 1.86.